The molecule has 1 fully saturated rings. The van der Waals surface area contributed by atoms with Gasteiger partial charge in [0.1, 0.15) is 0 Å². The van der Waals surface area contributed by atoms with E-state index < -0.39 is 13.2 Å². The summed E-state index contributed by atoms with van der Waals surface area (Å²) in [6.45, 7) is 4.70. The van der Waals surface area contributed by atoms with Crippen LogP contribution in [0.2, 0.25) is 6.82 Å². The average molecular weight is 328 g/mol. The molecule has 0 radical (unpaired) electrons. The van der Waals surface area contributed by atoms with Crippen LogP contribution >= 0.6 is 0 Å². The molecule has 0 spiro atoms. The summed E-state index contributed by atoms with van der Waals surface area (Å²) in [5, 5.41) is 20.0. The number of nitrogens with zero attached hydrogens (tertiary/aromatic N) is 2. The first kappa shape index (κ1) is 16.9. The second-order valence-electron chi connectivity index (χ2n) is 6.44. The highest BCUT2D eigenvalue weighted by Crippen LogP contribution is 2.26. The number of hydrogen-bond acceptors (Lipinski definition) is 5. The Morgan fingerprint density at radius 2 is 1.83 bits per heavy atom. The lowest BCUT2D eigenvalue weighted by atomic mass is 9.81. The lowest BCUT2D eigenvalue weighted by Gasteiger charge is -2.34. The summed E-state index contributed by atoms with van der Waals surface area (Å²) in [4.78, 5) is 27.9. The molecule has 2 aliphatic heterocycles. The molecule has 1 aromatic carbocycles. The van der Waals surface area contributed by atoms with Gasteiger partial charge in [-0.3, -0.25) is 14.5 Å². The maximum absolute atomic E-state index is 12.4. The topological polar surface area (TPSA) is 81.1 Å². The third-order valence-electron chi connectivity index (χ3n) is 4.83. The zero-order valence-corrected chi connectivity index (χ0v) is 13.9. The van der Waals surface area contributed by atoms with Crippen molar-refractivity contribution in [3.8, 4) is 0 Å². The van der Waals surface area contributed by atoms with E-state index in [9.17, 15) is 19.7 Å². The molecule has 1 aromatic rings. The van der Waals surface area contributed by atoms with Crippen LogP contribution in [0.4, 0.5) is 0 Å². The molecule has 126 valence electrons. The van der Waals surface area contributed by atoms with Crippen molar-refractivity contribution in [1.82, 2.24) is 9.71 Å². The third kappa shape index (κ3) is 2.90. The Hall–Kier alpha value is -1.96. The molecule has 0 bridgehead atoms. The fraction of sp³-hybridized carbons (Fsp3) is 0.412. The van der Waals surface area contributed by atoms with Gasteiger partial charge in [0.15, 0.2) is 0 Å². The van der Waals surface area contributed by atoms with Gasteiger partial charge in [-0.15, -0.1) is 0 Å². The second-order valence-corrected chi connectivity index (χ2v) is 6.44. The zero-order chi connectivity index (χ0) is 17.4. The number of carbonyl (C=O) groups is 2. The predicted octanol–water partition coefficient (Wildman–Crippen LogP) is 0.776. The molecule has 2 aliphatic rings. The minimum absolute atomic E-state index is 0.188. The molecule has 1 saturated heterocycles. The highest BCUT2D eigenvalue weighted by atomic mass is 16.3. The van der Waals surface area contributed by atoms with E-state index in [1.165, 1.54) is 4.90 Å². The van der Waals surface area contributed by atoms with E-state index in [-0.39, 0.29) is 18.4 Å². The van der Waals surface area contributed by atoms with Crippen LogP contribution in [0.25, 0.3) is 0 Å². The number of aliphatic hydroxyl groups is 1. The van der Waals surface area contributed by atoms with E-state index in [0.717, 1.165) is 11.1 Å². The van der Waals surface area contributed by atoms with E-state index in [1.54, 1.807) is 35.9 Å². The van der Waals surface area contributed by atoms with Crippen LogP contribution in [0.1, 0.15) is 34.1 Å². The largest absolute Gasteiger partial charge is 0.437 e. The minimum Gasteiger partial charge on any atom is -0.437 e. The molecule has 1 unspecified atom stereocenters. The lowest BCUT2D eigenvalue weighted by molar-refractivity contribution is 0.0665. The van der Waals surface area contributed by atoms with E-state index in [2.05, 4.69) is 0 Å². The van der Waals surface area contributed by atoms with Crippen LogP contribution in [0.5, 0.6) is 0 Å². The van der Waals surface area contributed by atoms with Crippen LogP contribution in [0, 0.1) is 0 Å². The lowest BCUT2D eigenvalue weighted by Crippen LogP contribution is -2.47. The number of aliphatic hydroxyl groups excluding tert-OH is 1. The summed E-state index contributed by atoms with van der Waals surface area (Å²) in [6.07, 6.45) is -0.0790. The van der Waals surface area contributed by atoms with Gasteiger partial charge in [-0.2, -0.15) is 0 Å². The zero-order valence-electron chi connectivity index (χ0n) is 13.9. The van der Waals surface area contributed by atoms with Crippen molar-refractivity contribution in [2.45, 2.75) is 26.3 Å². The number of carbonyl (C=O) groups excluding carboxylic acids is 2. The average Bonchev–Trinajstić information content (AvgIpc) is 2.80. The summed E-state index contributed by atoms with van der Waals surface area (Å²) >= 11 is 0. The first-order valence-corrected chi connectivity index (χ1v) is 8.14. The Bertz CT molecular complexity index is 681. The quantitative estimate of drug-likeness (QED) is 0.487. The van der Waals surface area contributed by atoms with E-state index in [1.807, 2.05) is 6.92 Å². The number of rotatable bonds is 3. The molecular formula is C17H21BN2O4. The Morgan fingerprint density at radius 1 is 1.25 bits per heavy atom. The van der Waals surface area contributed by atoms with Crippen molar-refractivity contribution in [2.75, 3.05) is 19.6 Å². The van der Waals surface area contributed by atoms with Crippen LogP contribution in [0.15, 0.2) is 35.4 Å². The standard InChI is InChI=1S/C17H21BN2O4/c1-11(12-7-8-19(18(2)24)10-15(12)21)9-20-16(22)13-5-3-4-6-14(13)17(20)23/h3-6,15,21,24H,7-10H2,1-2H3. The highest BCUT2D eigenvalue weighted by Gasteiger charge is 2.36. The van der Waals surface area contributed by atoms with Gasteiger partial charge in [0.05, 0.1) is 23.8 Å². The Kier molecular flexibility index (Phi) is 4.58. The van der Waals surface area contributed by atoms with Crippen molar-refractivity contribution in [3.05, 3.63) is 46.5 Å². The number of imide groups is 1. The van der Waals surface area contributed by atoms with Gasteiger partial charge in [0.2, 0.25) is 0 Å². The molecule has 2 N–H and O–H groups in total. The van der Waals surface area contributed by atoms with Crippen molar-refractivity contribution in [1.29, 1.82) is 0 Å². The Labute approximate surface area is 141 Å². The van der Waals surface area contributed by atoms with Crippen LogP contribution in [0.3, 0.4) is 0 Å². The molecule has 0 aromatic heterocycles. The molecule has 0 saturated carbocycles. The minimum atomic E-state index is -0.691. The van der Waals surface area contributed by atoms with Crippen molar-refractivity contribution in [3.63, 3.8) is 0 Å². The van der Waals surface area contributed by atoms with E-state index >= 15 is 0 Å². The smallest absolute Gasteiger partial charge is 0.376 e. The molecule has 6 nitrogen and oxygen atoms in total. The first-order chi connectivity index (χ1) is 11.4. The molecule has 0 aliphatic carbocycles. The van der Waals surface area contributed by atoms with Gasteiger partial charge in [0, 0.05) is 6.54 Å². The summed E-state index contributed by atoms with van der Waals surface area (Å²) < 4.78 is 0. The fourth-order valence-corrected chi connectivity index (χ4v) is 3.41. The summed E-state index contributed by atoms with van der Waals surface area (Å²) in [6, 6.07) is 6.81. The number of fused-ring (bicyclic) bond motifs is 1. The van der Waals surface area contributed by atoms with Gasteiger partial charge < -0.3 is 14.9 Å². The SMILES string of the molecule is CB(O)N1CCC(=C(C)CN2C(=O)c3ccccc3C2=O)C(O)C1. The molecule has 2 heterocycles. The van der Waals surface area contributed by atoms with Crippen molar-refractivity contribution >= 4 is 18.9 Å². The van der Waals surface area contributed by atoms with Gasteiger partial charge >= 0.3 is 7.05 Å². The van der Waals surface area contributed by atoms with Gasteiger partial charge in [-0.1, -0.05) is 17.7 Å². The maximum Gasteiger partial charge on any atom is 0.376 e. The summed E-state index contributed by atoms with van der Waals surface area (Å²) in [5.74, 6) is -0.571. The fourth-order valence-electron chi connectivity index (χ4n) is 3.41. The predicted molar refractivity (Wildman–Crippen MR) is 90.5 cm³/mol. The number of benzene rings is 1. The third-order valence-corrected chi connectivity index (χ3v) is 4.83. The number of amides is 2. The normalized spacial score (nSPS) is 23.5. The Morgan fingerprint density at radius 3 is 2.33 bits per heavy atom. The molecule has 3 rings (SSSR count). The number of β-amino-alcohol motifs (C(OH)–C–C–N with tert-alkyl or cyclic N) is 1. The maximum atomic E-state index is 12.4. The van der Waals surface area contributed by atoms with E-state index in [4.69, 9.17) is 0 Å². The number of hydrogen-bond donors (Lipinski definition) is 2. The molecule has 2 amide bonds. The van der Waals surface area contributed by atoms with E-state index in [0.29, 0.717) is 30.6 Å². The van der Waals surface area contributed by atoms with Crippen molar-refractivity contribution in [2.24, 2.45) is 0 Å². The van der Waals surface area contributed by atoms with Gasteiger partial charge in [0.25, 0.3) is 11.8 Å². The second kappa shape index (κ2) is 6.51. The number of piperidine rings is 1. The molecular weight excluding hydrogens is 307 g/mol. The van der Waals surface area contributed by atoms with Crippen LogP contribution in [-0.2, 0) is 0 Å². The van der Waals surface area contributed by atoms with Crippen LogP contribution in [-0.4, -0.2) is 64.4 Å². The highest BCUT2D eigenvalue weighted by molar-refractivity contribution is 6.45. The first-order valence-electron chi connectivity index (χ1n) is 8.14. The molecule has 7 heteroatoms. The van der Waals surface area contributed by atoms with Gasteiger partial charge in [-0.25, -0.2) is 0 Å². The summed E-state index contributed by atoms with van der Waals surface area (Å²) in [7, 11) is -0.599. The monoisotopic (exact) mass is 328 g/mol. The van der Waals surface area contributed by atoms with Gasteiger partial charge in [-0.05, 0) is 44.4 Å². The summed E-state index contributed by atoms with van der Waals surface area (Å²) in [5.41, 5.74) is 2.56. The molecule has 24 heavy (non-hydrogen) atoms. The van der Waals surface area contributed by atoms with Crippen molar-refractivity contribution < 1.29 is 19.7 Å². The van der Waals surface area contributed by atoms with Crippen LogP contribution < -0.4 is 0 Å². The molecule has 1 atom stereocenters. The Balaban J connectivity index is 1.77.